The number of esters is 1. The second-order valence-corrected chi connectivity index (χ2v) is 7.55. The molecule has 162 valence electrons. The first-order valence-electron chi connectivity index (χ1n) is 9.67. The Balaban J connectivity index is 1.53. The quantitative estimate of drug-likeness (QED) is 0.179. The van der Waals surface area contributed by atoms with Gasteiger partial charge >= 0.3 is 17.8 Å². The molecule has 0 saturated heterocycles. The molecule has 3 aromatic rings. The lowest BCUT2D eigenvalue weighted by molar-refractivity contribution is -0.139. The van der Waals surface area contributed by atoms with E-state index in [9.17, 15) is 14.4 Å². The van der Waals surface area contributed by atoms with Gasteiger partial charge in [0.25, 0.3) is 0 Å². The van der Waals surface area contributed by atoms with Crippen molar-refractivity contribution in [3.05, 3.63) is 100 Å². The van der Waals surface area contributed by atoms with Gasteiger partial charge in [0.2, 0.25) is 0 Å². The number of nitrogens with zero attached hydrogens (tertiary/aromatic N) is 1. The number of amides is 2. The normalized spacial score (nSPS) is 10.9. The molecule has 32 heavy (non-hydrogen) atoms. The molecule has 8 heteroatoms. The second kappa shape index (κ2) is 11.0. The summed E-state index contributed by atoms with van der Waals surface area (Å²) in [6, 6.07) is 22.9. The summed E-state index contributed by atoms with van der Waals surface area (Å²) in [5.41, 5.74) is 4.71. The molecule has 0 atom stereocenters. The summed E-state index contributed by atoms with van der Waals surface area (Å²) in [6.07, 6.45) is 0. The van der Waals surface area contributed by atoms with Crippen LogP contribution in [-0.4, -0.2) is 23.5 Å². The zero-order valence-corrected chi connectivity index (χ0v) is 18.8. The number of ether oxygens (including phenoxy) is 1. The molecule has 0 radical (unpaired) electrons. The van der Waals surface area contributed by atoms with Gasteiger partial charge in [0, 0.05) is 11.0 Å². The van der Waals surface area contributed by atoms with Gasteiger partial charge in [-0.1, -0.05) is 42.5 Å². The zero-order chi connectivity index (χ0) is 22.9. The van der Waals surface area contributed by atoms with E-state index < -0.39 is 17.8 Å². The van der Waals surface area contributed by atoms with Crippen LogP contribution < -0.4 is 15.5 Å². The lowest BCUT2D eigenvalue weighted by atomic mass is 10.1. The molecule has 0 spiro atoms. The average Bonchev–Trinajstić information content (AvgIpc) is 2.82. The van der Waals surface area contributed by atoms with Crippen LogP contribution in [0.1, 0.15) is 28.4 Å². The van der Waals surface area contributed by atoms with E-state index in [1.54, 1.807) is 49.4 Å². The molecule has 0 aromatic heterocycles. The monoisotopic (exact) mass is 493 g/mol. The molecule has 0 aliphatic rings. The second-order valence-electron chi connectivity index (χ2n) is 6.70. The Labute approximate surface area is 193 Å². The highest BCUT2D eigenvalue weighted by atomic mass is 79.9. The third kappa shape index (κ3) is 6.36. The highest BCUT2D eigenvalue weighted by Gasteiger charge is 2.13. The molecule has 0 saturated carbocycles. The molecular formula is C24H20BrN3O4. The van der Waals surface area contributed by atoms with E-state index in [1.807, 2.05) is 36.4 Å². The Morgan fingerprint density at radius 1 is 0.875 bits per heavy atom. The third-order valence-electron chi connectivity index (χ3n) is 4.40. The molecule has 7 nitrogen and oxygen atoms in total. The fourth-order valence-electron chi connectivity index (χ4n) is 2.66. The lowest BCUT2D eigenvalue weighted by Gasteiger charge is -2.07. The summed E-state index contributed by atoms with van der Waals surface area (Å²) in [7, 11) is 0. The predicted molar refractivity (Wildman–Crippen MR) is 124 cm³/mol. The topological polar surface area (TPSA) is 96.9 Å². The maximum Gasteiger partial charge on any atom is 0.344 e. The molecule has 0 heterocycles. The average molecular weight is 494 g/mol. The van der Waals surface area contributed by atoms with Gasteiger partial charge in [-0.2, -0.15) is 5.10 Å². The van der Waals surface area contributed by atoms with Crippen LogP contribution in [-0.2, 0) is 16.1 Å². The maximum atomic E-state index is 12.3. The van der Waals surface area contributed by atoms with Gasteiger partial charge in [0.15, 0.2) is 0 Å². The van der Waals surface area contributed by atoms with Crippen LogP contribution in [0.25, 0.3) is 0 Å². The van der Waals surface area contributed by atoms with Crippen molar-refractivity contribution in [1.29, 1.82) is 0 Å². The van der Waals surface area contributed by atoms with Crippen LogP contribution >= 0.6 is 15.9 Å². The van der Waals surface area contributed by atoms with E-state index in [0.29, 0.717) is 27.1 Å². The number of halogens is 1. The van der Waals surface area contributed by atoms with Crippen molar-refractivity contribution in [2.75, 3.05) is 0 Å². The van der Waals surface area contributed by atoms with Crippen molar-refractivity contribution in [3.8, 4) is 5.75 Å². The van der Waals surface area contributed by atoms with Gasteiger partial charge < -0.3 is 10.1 Å². The first-order chi connectivity index (χ1) is 15.4. The Morgan fingerprint density at radius 3 is 2.22 bits per heavy atom. The molecule has 0 aliphatic carbocycles. The summed E-state index contributed by atoms with van der Waals surface area (Å²) in [5, 5.41) is 6.50. The van der Waals surface area contributed by atoms with Crippen LogP contribution in [0.5, 0.6) is 5.75 Å². The van der Waals surface area contributed by atoms with E-state index in [2.05, 4.69) is 31.8 Å². The molecule has 0 aliphatic heterocycles. The Bertz CT molecular complexity index is 1150. The van der Waals surface area contributed by atoms with Gasteiger partial charge in [0.1, 0.15) is 5.75 Å². The fourth-order valence-corrected chi connectivity index (χ4v) is 3.11. The van der Waals surface area contributed by atoms with Crippen LogP contribution in [0.3, 0.4) is 0 Å². The fraction of sp³-hybridized carbons (Fsp3) is 0.0833. The van der Waals surface area contributed by atoms with Crippen LogP contribution in [0.15, 0.2) is 88.4 Å². The van der Waals surface area contributed by atoms with Gasteiger partial charge in [-0.05, 0) is 70.4 Å². The molecule has 0 bridgehead atoms. The number of benzene rings is 3. The van der Waals surface area contributed by atoms with E-state index in [-0.39, 0.29) is 6.54 Å². The minimum absolute atomic E-state index is 0.246. The summed E-state index contributed by atoms with van der Waals surface area (Å²) in [5.74, 6) is -1.75. The molecule has 0 fully saturated rings. The number of nitrogens with one attached hydrogen (secondary N) is 2. The van der Waals surface area contributed by atoms with Crippen LogP contribution in [0.4, 0.5) is 0 Å². The minimum atomic E-state index is -0.862. The highest BCUT2D eigenvalue weighted by molar-refractivity contribution is 9.10. The standard InChI is InChI=1S/C24H20BrN3O4/c1-16(27-28-23(30)22(29)26-15-17-7-3-2-4-8-17)18-11-13-19(14-12-18)32-24(31)20-9-5-6-10-21(20)25/h2-14H,15H2,1H3,(H,26,29)(H,28,30)/b27-16+. The molecular weight excluding hydrogens is 474 g/mol. The smallest absolute Gasteiger partial charge is 0.344 e. The van der Waals surface area contributed by atoms with Crippen molar-refractivity contribution in [2.24, 2.45) is 5.10 Å². The van der Waals surface area contributed by atoms with Gasteiger partial charge in [-0.3, -0.25) is 9.59 Å². The van der Waals surface area contributed by atoms with E-state index in [4.69, 9.17) is 4.74 Å². The van der Waals surface area contributed by atoms with Crippen molar-refractivity contribution in [2.45, 2.75) is 13.5 Å². The van der Waals surface area contributed by atoms with Gasteiger partial charge in [0.05, 0.1) is 11.3 Å². The van der Waals surface area contributed by atoms with E-state index >= 15 is 0 Å². The summed E-state index contributed by atoms with van der Waals surface area (Å²) in [4.78, 5) is 36.1. The molecule has 2 N–H and O–H groups in total. The van der Waals surface area contributed by atoms with E-state index in [1.165, 1.54) is 0 Å². The van der Waals surface area contributed by atoms with Crippen LogP contribution in [0, 0.1) is 0 Å². The Kier molecular flexibility index (Phi) is 7.88. The third-order valence-corrected chi connectivity index (χ3v) is 5.10. The number of hydrogen-bond donors (Lipinski definition) is 2. The van der Waals surface area contributed by atoms with Gasteiger partial charge in [-0.15, -0.1) is 0 Å². The van der Waals surface area contributed by atoms with Crippen molar-refractivity contribution >= 4 is 39.4 Å². The number of carbonyl (C=O) groups excluding carboxylic acids is 3. The molecule has 0 unspecified atom stereocenters. The lowest BCUT2D eigenvalue weighted by Crippen LogP contribution is -2.37. The number of carbonyl (C=O) groups is 3. The molecule has 3 aromatic carbocycles. The number of rotatable bonds is 6. The van der Waals surface area contributed by atoms with Crippen molar-refractivity contribution < 1.29 is 19.1 Å². The SMILES string of the molecule is C/C(=N\NC(=O)C(=O)NCc1ccccc1)c1ccc(OC(=O)c2ccccc2Br)cc1. The Morgan fingerprint density at radius 2 is 1.53 bits per heavy atom. The van der Waals surface area contributed by atoms with Gasteiger partial charge in [-0.25, -0.2) is 10.2 Å². The van der Waals surface area contributed by atoms with Crippen LogP contribution in [0.2, 0.25) is 0 Å². The minimum Gasteiger partial charge on any atom is -0.423 e. The predicted octanol–water partition coefficient (Wildman–Crippen LogP) is 3.82. The first kappa shape index (κ1) is 22.9. The van der Waals surface area contributed by atoms with Crippen molar-refractivity contribution in [1.82, 2.24) is 10.7 Å². The molecule has 3 rings (SSSR count). The number of hydrogen-bond acceptors (Lipinski definition) is 5. The first-order valence-corrected chi connectivity index (χ1v) is 10.5. The maximum absolute atomic E-state index is 12.3. The number of hydrazone groups is 1. The largest absolute Gasteiger partial charge is 0.423 e. The zero-order valence-electron chi connectivity index (χ0n) is 17.2. The highest BCUT2D eigenvalue weighted by Crippen LogP contribution is 2.19. The summed E-state index contributed by atoms with van der Waals surface area (Å²) >= 11 is 3.32. The van der Waals surface area contributed by atoms with Crippen molar-refractivity contribution in [3.63, 3.8) is 0 Å². The Hall–Kier alpha value is -3.78. The summed E-state index contributed by atoms with van der Waals surface area (Å²) in [6.45, 7) is 1.93. The van der Waals surface area contributed by atoms with E-state index in [0.717, 1.165) is 5.56 Å². The molecule has 2 amide bonds. The summed E-state index contributed by atoms with van der Waals surface area (Å²) < 4.78 is 6.02.